The number of sulfone groups is 1. The van der Waals surface area contributed by atoms with Gasteiger partial charge in [0.25, 0.3) is 0 Å². The Kier molecular flexibility index (Phi) is 4.32. The summed E-state index contributed by atoms with van der Waals surface area (Å²) < 4.78 is 22.6. The molecule has 1 heterocycles. The van der Waals surface area contributed by atoms with E-state index in [4.69, 9.17) is 5.11 Å². The molecular formula is C10H19NO4S. The summed E-state index contributed by atoms with van der Waals surface area (Å²) in [5.41, 5.74) is -0.521. The van der Waals surface area contributed by atoms with E-state index in [-0.39, 0.29) is 17.9 Å². The summed E-state index contributed by atoms with van der Waals surface area (Å²) in [5, 5.41) is 12.1. The largest absolute Gasteiger partial charge is 0.481 e. The van der Waals surface area contributed by atoms with Crippen LogP contribution in [-0.2, 0) is 14.6 Å². The van der Waals surface area contributed by atoms with Crippen molar-refractivity contribution in [2.75, 3.05) is 18.1 Å². The highest BCUT2D eigenvalue weighted by atomic mass is 32.2. The Morgan fingerprint density at radius 2 is 1.94 bits per heavy atom. The molecule has 1 fully saturated rings. The van der Waals surface area contributed by atoms with Crippen LogP contribution in [0.3, 0.4) is 0 Å². The van der Waals surface area contributed by atoms with Crippen molar-refractivity contribution in [1.29, 1.82) is 0 Å². The number of hydrogen-bond acceptors (Lipinski definition) is 4. The summed E-state index contributed by atoms with van der Waals surface area (Å²) >= 11 is 0. The number of rotatable bonds is 5. The van der Waals surface area contributed by atoms with Gasteiger partial charge in [-0.3, -0.25) is 4.79 Å². The molecule has 0 radical (unpaired) electrons. The summed E-state index contributed by atoms with van der Waals surface area (Å²) in [4.78, 5) is 10.8. The molecule has 6 heteroatoms. The molecule has 94 valence electrons. The Hall–Kier alpha value is -0.620. The molecule has 0 unspecified atom stereocenters. The standard InChI is InChI=1S/C10H19NO4S/c1-2-5-11-10(8-9(12)13)3-6-16(14,15)7-4-10/h11H,2-8H2,1H3,(H,12,13). The molecule has 0 amide bonds. The van der Waals surface area contributed by atoms with E-state index in [1.54, 1.807) is 0 Å². The second kappa shape index (κ2) is 5.14. The van der Waals surface area contributed by atoms with Gasteiger partial charge in [-0.15, -0.1) is 0 Å². The Bertz CT molecular complexity index is 336. The van der Waals surface area contributed by atoms with Crippen LogP contribution in [0, 0.1) is 0 Å². The van der Waals surface area contributed by atoms with E-state index in [0.717, 1.165) is 13.0 Å². The molecule has 2 N–H and O–H groups in total. The van der Waals surface area contributed by atoms with Gasteiger partial charge in [-0.1, -0.05) is 6.92 Å². The lowest BCUT2D eigenvalue weighted by Gasteiger charge is -2.37. The van der Waals surface area contributed by atoms with E-state index in [1.165, 1.54) is 0 Å². The highest BCUT2D eigenvalue weighted by molar-refractivity contribution is 7.91. The third-order valence-corrected chi connectivity index (χ3v) is 4.68. The first-order valence-corrected chi connectivity index (χ1v) is 7.38. The fourth-order valence-electron chi connectivity index (χ4n) is 2.02. The Morgan fingerprint density at radius 1 is 1.38 bits per heavy atom. The molecule has 0 spiro atoms. The quantitative estimate of drug-likeness (QED) is 0.737. The van der Waals surface area contributed by atoms with Gasteiger partial charge in [0.05, 0.1) is 17.9 Å². The lowest BCUT2D eigenvalue weighted by Crippen LogP contribution is -2.52. The second-order valence-electron chi connectivity index (χ2n) is 4.43. The van der Waals surface area contributed by atoms with E-state index in [9.17, 15) is 13.2 Å². The maximum absolute atomic E-state index is 11.3. The fourth-order valence-corrected chi connectivity index (χ4v) is 3.63. The molecule has 1 saturated heterocycles. The Balaban J connectivity index is 2.69. The number of carbonyl (C=O) groups is 1. The van der Waals surface area contributed by atoms with E-state index in [1.807, 2.05) is 6.92 Å². The van der Waals surface area contributed by atoms with Gasteiger partial charge < -0.3 is 10.4 Å². The molecule has 0 aromatic carbocycles. The molecule has 0 aliphatic carbocycles. The first-order chi connectivity index (χ1) is 7.39. The van der Waals surface area contributed by atoms with Crippen molar-refractivity contribution in [2.45, 2.75) is 38.1 Å². The summed E-state index contributed by atoms with van der Waals surface area (Å²) in [5.74, 6) is -0.684. The van der Waals surface area contributed by atoms with Crippen molar-refractivity contribution in [3.05, 3.63) is 0 Å². The molecule has 5 nitrogen and oxygen atoms in total. The van der Waals surface area contributed by atoms with Gasteiger partial charge in [-0.2, -0.15) is 0 Å². The molecule has 1 aliphatic heterocycles. The van der Waals surface area contributed by atoms with Crippen LogP contribution >= 0.6 is 0 Å². The molecule has 1 rings (SSSR count). The molecule has 0 atom stereocenters. The predicted molar refractivity (Wildman–Crippen MR) is 61.2 cm³/mol. The molecule has 0 bridgehead atoms. The number of hydrogen-bond donors (Lipinski definition) is 2. The minimum Gasteiger partial charge on any atom is -0.481 e. The van der Waals surface area contributed by atoms with Crippen LogP contribution in [0.1, 0.15) is 32.6 Å². The smallest absolute Gasteiger partial charge is 0.305 e. The van der Waals surface area contributed by atoms with Gasteiger partial charge in [0.2, 0.25) is 0 Å². The molecule has 0 aromatic heterocycles. The third kappa shape index (κ3) is 3.75. The normalized spacial score (nSPS) is 22.8. The van der Waals surface area contributed by atoms with Crippen molar-refractivity contribution >= 4 is 15.8 Å². The Labute approximate surface area is 96.1 Å². The van der Waals surface area contributed by atoms with E-state index in [2.05, 4.69) is 5.32 Å². The number of aliphatic carboxylic acids is 1. The van der Waals surface area contributed by atoms with Gasteiger partial charge >= 0.3 is 5.97 Å². The van der Waals surface area contributed by atoms with E-state index in [0.29, 0.717) is 12.8 Å². The lowest BCUT2D eigenvalue weighted by atomic mass is 9.88. The topological polar surface area (TPSA) is 83.5 Å². The van der Waals surface area contributed by atoms with Crippen LogP contribution in [0.15, 0.2) is 0 Å². The van der Waals surface area contributed by atoms with Crippen LogP contribution in [0.25, 0.3) is 0 Å². The molecule has 0 aromatic rings. The van der Waals surface area contributed by atoms with Crippen molar-refractivity contribution in [3.8, 4) is 0 Å². The van der Waals surface area contributed by atoms with Gasteiger partial charge in [0.15, 0.2) is 0 Å². The average Bonchev–Trinajstić information content (AvgIpc) is 2.19. The number of carboxylic acid groups (broad SMARTS) is 1. The van der Waals surface area contributed by atoms with Crippen LogP contribution in [0.4, 0.5) is 0 Å². The zero-order valence-electron chi connectivity index (χ0n) is 9.53. The summed E-state index contributed by atoms with van der Waals surface area (Å²) in [6.07, 6.45) is 1.72. The Morgan fingerprint density at radius 3 is 2.38 bits per heavy atom. The monoisotopic (exact) mass is 249 g/mol. The van der Waals surface area contributed by atoms with Gasteiger partial charge in [-0.25, -0.2) is 8.42 Å². The summed E-state index contributed by atoms with van der Waals surface area (Å²) in [6.45, 7) is 2.73. The number of nitrogens with one attached hydrogen (secondary N) is 1. The highest BCUT2D eigenvalue weighted by Crippen LogP contribution is 2.27. The van der Waals surface area contributed by atoms with Gasteiger partial charge in [0, 0.05) is 5.54 Å². The van der Waals surface area contributed by atoms with Crippen molar-refractivity contribution in [1.82, 2.24) is 5.32 Å². The maximum Gasteiger partial charge on any atom is 0.305 e. The minimum atomic E-state index is -2.95. The minimum absolute atomic E-state index is 0.00250. The van der Waals surface area contributed by atoms with Crippen LogP contribution in [0.2, 0.25) is 0 Å². The van der Waals surface area contributed by atoms with Gasteiger partial charge in [0.1, 0.15) is 9.84 Å². The summed E-state index contributed by atoms with van der Waals surface area (Å²) in [7, 11) is -2.95. The lowest BCUT2D eigenvalue weighted by molar-refractivity contribution is -0.138. The first-order valence-electron chi connectivity index (χ1n) is 5.56. The second-order valence-corrected chi connectivity index (χ2v) is 6.73. The molecular weight excluding hydrogens is 230 g/mol. The average molecular weight is 249 g/mol. The van der Waals surface area contributed by atoms with E-state index >= 15 is 0 Å². The first kappa shape index (κ1) is 13.4. The molecule has 16 heavy (non-hydrogen) atoms. The summed E-state index contributed by atoms with van der Waals surface area (Å²) in [6, 6.07) is 0. The van der Waals surface area contributed by atoms with Crippen molar-refractivity contribution < 1.29 is 18.3 Å². The van der Waals surface area contributed by atoms with E-state index < -0.39 is 21.3 Å². The van der Waals surface area contributed by atoms with Gasteiger partial charge in [-0.05, 0) is 25.8 Å². The SMILES string of the molecule is CCCNC1(CC(=O)O)CCS(=O)(=O)CC1. The number of carboxylic acids is 1. The third-order valence-electron chi connectivity index (χ3n) is 3.02. The van der Waals surface area contributed by atoms with Crippen molar-refractivity contribution in [3.63, 3.8) is 0 Å². The highest BCUT2D eigenvalue weighted by Gasteiger charge is 2.38. The van der Waals surface area contributed by atoms with Crippen LogP contribution in [0.5, 0.6) is 0 Å². The molecule has 1 aliphatic rings. The van der Waals surface area contributed by atoms with Crippen molar-refractivity contribution in [2.24, 2.45) is 0 Å². The van der Waals surface area contributed by atoms with Crippen LogP contribution < -0.4 is 5.32 Å². The zero-order chi connectivity index (χ0) is 12.2. The van der Waals surface area contributed by atoms with Crippen LogP contribution in [-0.4, -0.2) is 43.1 Å². The zero-order valence-corrected chi connectivity index (χ0v) is 10.3. The predicted octanol–water partition coefficient (Wildman–Crippen LogP) is 0.408. The fraction of sp³-hybridized carbons (Fsp3) is 0.900. The maximum atomic E-state index is 11.3. The molecule has 0 saturated carbocycles.